The number of aromatic nitrogens is 1. The summed E-state index contributed by atoms with van der Waals surface area (Å²) in [5.41, 5.74) is 9.99. The normalized spacial score (nSPS) is 10.9. The molecule has 3 heteroatoms. The van der Waals surface area contributed by atoms with Crippen molar-refractivity contribution in [2.24, 2.45) is 0 Å². The van der Waals surface area contributed by atoms with Gasteiger partial charge in [0.05, 0.1) is 27.8 Å². The van der Waals surface area contributed by atoms with E-state index >= 15 is 0 Å². The van der Waals surface area contributed by atoms with Crippen LogP contribution in [0.1, 0.15) is 22.3 Å². The number of fused-ring (bicyclic) bond motifs is 3. The molecule has 0 amide bonds. The lowest BCUT2D eigenvalue weighted by atomic mass is 9.97. The van der Waals surface area contributed by atoms with E-state index in [1.807, 2.05) is 56.3 Å². The zero-order valence-corrected chi connectivity index (χ0v) is 20.7. The van der Waals surface area contributed by atoms with Crippen LogP contribution in [0.15, 0.2) is 103 Å². The van der Waals surface area contributed by atoms with Crippen LogP contribution in [-0.2, 0) is 0 Å². The van der Waals surface area contributed by atoms with E-state index in [4.69, 9.17) is 0 Å². The minimum Gasteiger partial charge on any atom is -0.307 e. The van der Waals surface area contributed by atoms with Crippen LogP contribution >= 0.6 is 0 Å². The Bertz CT molecular complexity index is 1800. The maximum atomic E-state index is 10.2. The van der Waals surface area contributed by atoms with Crippen molar-refractivity contribution in [2.45, 2.75) is 13.8 Å². The van der Waals surface area contributed by atoms with Gasteiger partial charge in [0.25, 0.3) is 0 Å². The van der Waals surface area contributed by atoms with Crippen molar-refractivity contribution in [1.29, 1.82) is 10.5 Å². The molecule has 0 atom stereocenters. The van der Waals surface area contributed by atoms with Crippen LogP contribution in [0, 0.1) is 36.5 Å². The van der Waals surface area contributed by atoms with Gasteiger partial charge in [0.15, 0.2) is 0 Å². The molecule has 174 valence electrons. The zero-order valence-electron chi connectivity index (χ0n) is 20.7. The second kappa shape index (κ2) is 8.83. The fraction of sp³-hybridized carbons (Fsp3) is 0.0588. The molecular weight excluding hydrogens is 450 g/mol. The molecule has 0 radical (unpaired) electrons. The Morgan fingerprint density at radius 2 is 1.08 bits per heavy atom. The molecule has 0 aliphatic carbocycles. The highest BCUT2D eigenvalue weighted by Crippen LogP contribution is 2.39. The summed E-state index contributed by atoms with van der Waals surface area (Å²) in [5, 5.41) is 22.5. The van der Waals surface area contributed by atoms with Crippen LogP contribution in [0.4, 0.5) is 0 Å². The molecule has 0 aliphatic heterocycles. The first kappa shape index (κ1) is 22.4. The van der Waals surface area contributed by atoms with Crippen molar-refractivity contribution in [1.82, 2.24) is 4.57 Å². The molecule has 37 heavy (non-hydrogen) atoms. The molecule has 0 unspecified atom stereocenters. The van der Waals surface area contributed by atoms with Crippen molar-refractivity contribution < 1.29 is 0 Å². The Morgan fingerprint density at radius 1 is 0.568 bits per heavy atom. The molecule has 0 aliphatic rings. The minimum atomic E-state index is 0.498. The maximum absolute atomic E-state index is 10.2. The fourth-order valence-electron chi connectivity index (χ4n) is 5.24. The lowest BCUT2D eigenvalue weighted by molar-refractivity contribution is 1.13. The van der Waals surface area contributed by atoms with E-state index in [9.17, 15) is 10.5 Å². The zero-order chi connectivity index (χ0) is 25.5. The Labute approximate surface area is 216 Å². The average Bonchev–Trinajstić information content (AvgIpc) is 3.27. The van der Waals surface area contributed by atoms with Gasteiger partial charge in [-0.2, -0.15) is 10.5 Å². The number of hydrogen-bond acceptors (Lipinski definition) is 2. The first-order valence-corrected chi connectivity index (χ1v) is 12.2. The smallest absolute Gasteiger partial charge is 0.102 e. The number of aryl methyl sites for hydroxylation is 1. The van der Waals surface area contributed by atoms with E-state index in [-0.39, 0.29) is 0 Å². The Hall–Kier alpha value is -5.12. The van der Waals surface area contributed by atoms with Crippen molar-refractivity contribution in [3.63, 3.8) is 0 Å². The molecular formula is C34H23N3. The van der Waals surface area contributed by atoms with E-state index in [0.29, 0.717) is 16.8 Å². The summed E-state index contributed by atoms with van der Waals surface area (Å²) >= 11 is 0. The molecule has 0 fully saturated rings. The van der Waals surface area contributed by atoms with Gasteiger partial charge in [0.2, 0.25) is 0 Å². The number of rotatable bonds is 3. The van der Waals surface area contributed by atoms with Crippen LogP contribution in [0.5, 0.6) is 0 Å². The predicted octanol–water partition coefficient (Wildman–Crippen LogP) is 8.48. The second-order valence-corrected chi connectivity index (χ2v) is 9.34. The highest BCUT2D eigenvalue weighted by atomic mass is 15.0. The van der Waals surface area contributed by atoms with Gasteiger partial charge in [0, 0.05) is 10.8 Å². The van der Waals surface area contributed by atoms with Crippen LogP contribution < -0.4 is 0 Å². The molecule has 0 saturated carbocycles. The second-order valence-electron chi connectivity index (χ2n) is 9.34. The lowest BCUT2D eigenvalue weighted by Gasteiger charge is -2.15. The standard InChI is InChI=1S/C34H23N3/c1-22-17-28(20-35)34(31(21-36)23(22)2)37-32-15-13-26(24-9-5-3-6-10-24)18-29(32)30-19-27(14-16-33(30)37)25-11-7-4-8-12-25/h3-19H,1-2H3. The molecule has 0 N–H and O–H groups in total. The van der Waals surface area contributed by atoms with Crippen LogP contribution in [0.2, 0.25) is 0 Å². The third-order valence-corrected chi connectivity index (χ3v) is 7.25. The first-order chi connectivity index (χ1) is 18.1. The van der Waals surface area contributed by atoms with Crippen molar-refractivity contribution in [2.75, 3.05) is 0 Å². The molecule has 0 bridgehead atoms. The Morgan fingerprint density at radius 3 is 1.54 bits per heavy atom. The van der Waals surface area contributed by atoms with Crippen molar-refractivity contribution in [3.8, 4) is 40.1 Å². The number of nitriles is 2. The van der Waals surface area contributed by atoms with Crippen LogP contribution in [0.25, 0.3) is 49.7 Å². The summed E-state index contributed by atoms with van der Waals surface area (Å²) in [5.74, 6) is 0. The summed E-state index contributed by atoms with van der Waals surface area (Å²) < 4.78 is 2.09. The van der Waals surface area contributed by atoms with Crippen LogP contribution in [-0.4, -0.2) is 4.57 Å². The van der Waals surface area contributed by atoms with Crippen molar-refractivity contribution in [3.05, 3.63) is 125 Å². The largest absolute Gasteiger partial charge is 0.307 e. The van der Waals surface area contributed by atoms with Crippen LogP contribution in [0.3, 0.4) is 0 Å². The minimum absolute atomic E-state index is 0.498. The molecule has 0 spiro atoms. The topological polar surface area (TPSA) is 52.5 Å². The average molecular weight is 474 g/mol. The van der Waals surface area contributed by atoms with Gasteiger partial charge < -0.3 is 4.57 Å². The van der Waals surface area contributed by atoms with E-state index < -0.39 is 0 Å². The Balaban J connectivity index is 1.75. The monoisotopic (exact) mass is 473 g/mol. The molecule has 1 aromatic heterocycles. The summed E-state index contributed by atoms with van der Waals surface area (Å²) in [6.45, 7) is 3.90. The number of hydrogen-bond donors (Lipinski definition) is 0. The maximum Gasteiger partial charge on any atom is 0.102 e. The summed E-state index contributed by atoms with van der Waals surface area (Å²) in [7, 11) is 0. The van der Waals surface area contributed by atoms with Gasteiger partial charge in [-0.05, 0) is 77.6 Å². The molecule has 1 heterocycles. The molecule has 6 rings (SSSR count). The van der Waals surface area contributed by atoms with Gasteiger partial charge >= 0.3 is 0 Å². The van der Waals surface area contributed by atoms with Gasteiger partial charge in [-0.1, -0.05) is 72.8 Å². The number of benzene rings is 5. The van der Waals surface area contributed by atoms with E-state index in [1.54, 1.807) is 0 Å². The Kier molecular flexibility index (Phi) is 5.33. The summed E-state index contributed by atoms with van der Waals surface area (Å²) in [4.78, 5) is 0. The van der Waals surface area contributed by atoms with E-state index in [2.05, 4.69) is 77.4 Å². The molecule has 5 aromatic carbocycles. The molecule has 3 nitrogen and oxygen atoms in total. The van der Waals surface area contributed by atoms with E-state index in [0.717, 1.165) is 55.2 Å². The highest BCUT2D eigenvalue weighted by Gasteiger charge is 2.21. The molecule has 6 aromatic rings. The highest BCUT2D eigenvalue weighted by molar-refractivity contribution is 6.12. The predicted molar refractivity (Wildman–Crippen MR) is 151 cm³/mol. The van der Waals surface area contributed by atoms with Gasteiger partial charge in [-0.25, -0.2) is 0 Å². The van der Waals surface area contributed by atoms with E-state index in [1.165, 1.54) is 0 Å². The van der Waals surface area contributed by atoms with Gasteiger partial charge in [-0.15, -0.1) is 0 Å². The summed E-state index contributed by atoms with van der Waals surface area (Å²) in [6, 6.07) is 40.2. The fourth-order valence-corrected chi connectivity index (χ4v) is 5.24. The van der Waals surface area contributed by atoms with Crippen molar-refractivity contribution >= 4 is 21.8 Å². The first-order valence-electron chi connectivity index (χ1n) is 12.2. The quantitative estimate of drug-likeness (QED) is 0.259. The number of nitrogens with zero attached hydrogens (tertiary/aromatic N) is 3. The third-order valence-electron chi connectivity index (χ3n) is 7.25. The SMILES string of the molecule is Cc1cc(C#N)c(-n2c3ccc(-c4ccccc4)cc3c3cc(-c4ccccc4)ccc32)c(C#N)c1C. The third kappa shape index (κ3) is 3.57. The van der Waals surface area contributed by atoms with Gasteiger partial charge in [-0.3, -0.25) is 0 Å². The van der Waals surface area contributed by atoms with Gasteiger partial charge in [0.1, 0.15) is 12.1 Å². The lowest BCUT2D eigenvalue weighted by Crippen LogP contribution is -2.04. The summed E-state index contributed by atoms with van der Waals surface area (Å²) in [6.07, 6.45) is 0. The molecule has 0 saturated heterocycles.